The Morgan fingerprint density at radius 3 is 1.61 bits per heavy atom. The van der Waals surface area contributed by atoms with Gasteiger partial charge in [-0.05, 0) is 175 Å². The average molecular weight is 946 g/mol. The monoisotopic (exact) mass is 944 g/mol. The first-order chi connectivity index (χ1) is 33.9. The van der Waals surface area contributed by atoms with Crippen LogP contribution < -0.4 is 11.1 Å². The highest BCUT2D eigenvalue weighted by Crippen LogP contribution is 2.37. The Hall–Kier alpha value is -6.49. The van der Waals surface area contributed by atoms with Gasteiger partial charge in [0.15, 0.2) is 5.82 Å². The second-order valence-electron chi connectivity index (χ2n) is 18.8. The van der Waals surface area contributed by atoms with Gasteiger partial charge in [0.1, 0.15) is 16.8 Å². The van der Waals surface area contributed by atoms with E-state index in [0.717, 1.165) is 95.0 Å². The van der Waals surface area contributed by atoms with Gasteiger partial charge in [0.25, 0.3) is 0 Å². The molecule has 0 radical (unpaired) electrons. The van der Waals surface area contributed by atoms with Gasteiger partial charge in [-0.2, -0.15) is 20.4 Å². The Morgan fingerprint density at radius 2 is 1.06 bits per heavy atom. The van der Waals surface area contributed by atoms with Crippen LogP contribution in [0.15, 0.2) is 98.1 Å². The van der Waals surface area contributed by atoms with E-state index in [1.54, 1.807) is 6.07 Å². The summed E-state index contributed by atoms with van der Waals surface area (Å²) in [4.78, 5) is 23.3. The first kappa shape index (κ1) is 46.2. The van der Waals surface area contributed by atoms with Crippen molar-refractivity contribution in [2.24, 2.45) is 0 Å². The highest BCUT2D eigenvalue weighted by Gasteiger charge is 2.21. The van der Waals surface area contributed by atoms with Crippen molar-refractivity contribution in [3.63, 3.8) is 0 Å². The third-order valence-electron chi connectivity index (χ3n) is 13.9. The minimum absolute atomic E-state index is 0.485. The average Bonchev–Trinajstić information content (AvgIpc) is 4.19. The molecule has 2 aliphatic heterocycles. The molecule has 8 aromatic heterocycles. The maximum absolute atomic E-state index is 5.97. The highest BCUT2D eigenvalue weighted by molar-refractivity contribution is 6.29. The number of likely N-dealkylation sites (tertiary alicyclic amines) is 2. The van der Waals surface area contributed by atoms with Crippen LogP contribution in [0.2, 0.25) is 5.15 Å². The third kappa shape index (κ3) is 12.2. The number of hydrogen-bond donors (Lipinski definition) is 2. The number of hydrogen-bond acceptors (Lipinski definition) is 14. The van der Waals surface area contributed by atoms with Crippen LogP contribution in [-0.4, -0.2) is 109 Å². The molecule has 2 saturated heterocycles. The van der Waals surface area contributed by atoms with Gasteiger partial charge in [-0.15, -0.1) is 10.2 Å². The SMILES string of the molecule is Clc1ccc2ncc(-c3cnn(CCCN4CCCC4)c3)cc2n1.Nc1cc(C2CCC2)cnn1.c1nc2ccc(Nc3cc(C4CCC4)cnn3)nc2cc1-c1cnn(CCCN2CCCC2)c1. The summed E-state index contributed by atoms with van der Waals surface area (Å²) in [5, 5.41) is 28.8. The number of fused-ring (bicyclic) bond motifs is 2. The topological polar surface area (TPSA) is 183 Å². The normalized spacial score (nSPS) is 16.4. The number of nitrogen functional groups attached to an aromatic ring is 1. The fourth-order valence-electron chi connectivity index (χ4n) is 9.47. The predicted molar refractivity (Wildman–Crippen MR) is 272 cm³/mol. The van der Waals surface area contributed by atoms with Crippen molar-refractivity contribution >= 4 is 51.1 Å². The van der Waals surface area contributed by atoms with Crippen LogP contribution in [0.25, 0.3) is 44.3 Å². The second-order valence-corrected chi connectivity index (χ2v) is 19.2. The summed E-state index contributed by atoms with van der Waals surface area (Å²) in [6.07, 6.45) is 30.8. The van der Waals surface area contributed by atoms with Crippen molar-refractivity contribution < 1.29 is 0 Å². The molecule has 0 spiro atoms. The quantitative estimate of drug-likeness (QED) is 0.0983. The summed E-state index contributed by atoms with van der Waals surface area (Å²) in [5.74, 6) is 3.33. The van der Waals surface area contributed by atoms with Crippen molar-refractivity contribution in [1.82, 2.24) is 69.7 Å². The molecule has 0 amide bonds. The molecule has 69 heavy (non-hydrogen) atoms. The molecule has 10 heterocycles. The lowest BCUT2D eigenvalue weighted by atomic mass is 9.81. The Balaban J connectivity index is 0.000000136. The van der Waals surface area contributed by atoms with Crippen molar-refractivity contribution in [3.05, 3.63) is 114 Å². The number of rotatable bonds is 14. The zero-order chi connectivity index (χ0) is 46.8. The van der Waals surface area contributed by atoms with Crippen LogP contribution in [-0.2, 0) is 13.1 Å². The fraction of sp³-hybridized carbons (Fsp3) is 0.423. The molecule has 2 saturated carbocycles. The number of nitrogens with two attached hydrogens (primary N) is 1. The van der Waals surface area contributed by atoms with Gasteiger partial charge in [-0.3, -0.25) is 19.3 Å². The van der Waals surface area contributed by atoms with Crippen molar-refractivity contribution in [3.8, 4) is 22.3 Å². The molecule has 4 aliphatic rings. The van der Waals surface area contributed by atoms with E-state index in [9.17, 15) is 0 Å². The van der Waals surface area contributed by atoms with E-state index in [2.05, 4.69) is 85.2 Å². The molecule has 356 valence electrons. The molecular formula is C52H61ClN16. The van der Waals surface area contributed by atoms with Crippen molar-refractivity contribution in [1.29, 1.82) is 0 Å². The predicted octanol–water partition coefficient (Wildman–Crippen LogP) is 9.74. The van der Waals surface area contributed by atoms with Gasteiger partial charge in [0.2, 0.25) is 0 Å². The van der Waals surface area contributed by atoms with E-state index >= 15 is 0 Å². The van der Waals surface area contributed by atoms with E-state index in [1.165, 1.54) is 102 Å². The maximum Gasteiger partial charge on any atom is 0.154 e. The van der Waals surface area contributed by atoms with Crippen LogP contribution in [0, 0.1) is 0 Å². The van der Waals surface area contributed by atoms with Gasteiger partial charge < -0.3 is 20.9 Å². The lowest BCUT2D eigenvalue weighted by Gasteiger charge is -2.25. The standard InChI is InChI=1S/C26H30N8.C18H20ClN5.C8H11N3/c1-2-10-33(9-1)11-4-12-34-18-22(17-29-34)20-13-24-23(27-15-20)7-8-25(30-24)31-26-14-21(16-28-32-26)19-5-3-6-19;19-18-5-4-16-17(22-18)10-14(11-20-16)15-12-21-24(13-15)9-3-8-23-6-1-2-7-23;9-8-4-7(5-10-11-8)6-2-1-3-6/h7-8,13-19H,1-6,9-12H2,(H,30,31,32);4-5,10-13H,1-3,6-9H2;4-6H,1-3H2,(H2,9,11). The summed E-state index contributed by atoms with van der Waals surface area (Å²) in [6.45, 7) is 9.19. The number of anilines is 3. The summed E-state index contributed by atoms with van der Waals surface area (Å²) in [6, 6.07) is 15.7. The van der Waals surface area contributed by atoms with E-state index in [4.69, 9.17) is 22.3 Å². The smallest absolute Gasteiger partial charge is 0.154 e. The first-order valence-electron chi connectivity index (χ1n) is 24.8. The number of nitrogens with one attached hydrogen (secondary N) is 1. The molecule has 0 aromatic carbocycles. The first-order valence-corrected chi connectivity index (χ1v) is 25.2. The molecule has 0 atom stereocenters. The van der Waals surface area contributed by atoms with E-state index in [1.807, 2.05) is 76.9 Å². The molecular weight excluding hydrogens is 884 g/mol. The van der Waals surface area contributed by atoms with Gasteiger partial charge in [0.05, 0.1) is 46.9 Å². The van der Waals surface area contributed by atoms with E-state index < -0.39 is 0 Å². The van der Waals surface area contributed by atoms with Gasteiger partial charge >= 0.3 is 0 Å². The van der Waals surface area contributed by atoms with Crippen LogP contribution in [0.4, 0.5) is 17.5 Å². The number of halogens is 1. The molecule has 8 aromatic rings. The number of aryl methyl sites for hydroxylation is 2. The molecule has 16 nitrogen and oxygen atoms in total. The second kappa shape index (κ2) is 22.3. The lowest BCUT2D eigenvalue weighted by Crippen LogP contribution is -2.21. The minimum Gasteiger partial charge on any atom is -0.382 e. The fourth-order valence-corrected chi connectivity index (χ4v) is 9.63. The molecule has 3 N–H and O–H groups in total. The zero-order valence-corrected chi connectivity index (χ0v) is 40.0. The van der Waals surface area contributed by atoms with Crippen LogP contribution >= 0.6 is 11.6 Å². The Morgan fingerprint density at radius 1 is 0.522 bits per heavy atom. The molecule has 0 bridgehead atoms. The molecule has 4 fully saturated rings. The molecule has 12 rings (SSSR count). The number of nitrogens with zero attached hydrogens (tertiary/aromatic N) is 14. The van der Waals surface area contributed by atoms with Crippen molar-refractivity contribution in [2.45, 2.75) is 102 Å². The Kier molecular flexibility index (Phi) is 14.9. The number of aromatic nitrogens is 12. The minimum atomic E-state index is 0.485. The van der Waals surface area contributed by atoms with Gasteiger partial charge in [0, 0.05) is 60.1 Å². The van der Waals surface area contributed by atoms with Crippen LogP contribution in [0.3, 0.4) is 0 Å². The van der Waals surface area contributed by atoms with E-state index in [-0.39, 0.29) is 0 Å². The van der Waals surface area contributed by atoms with Gasteiger partial charge in [-0.25, -0.2) is 9.97 Å². The largest absolute Gasteiger partial charge is 0.382 e. The lowest BCUT2D eigenvalue weighted by molar-refractivity contribution is 0.322. The third-order valence-corrected chi connectivity index (χ3v) is 14.1. The summed E-state index contributed by atoms with van der Waals surface area (Å²) < 4.78 is 4.05. The summed E-state index contributed by atoms with van der Waals surface area (Å²) >= 11 is 5.97. The van der Waals surface area contributed by atoms with Crippen LogP contribution in [0.1, 0.15) is 100 Å². The van der Waals surface area contributed by atoms with Crippen molar-refractivity contribution in [2.75, 3.05) is 50.3 Å². The Bertz CT molecular complexity index is 2930. The molecule has 17 heteroatoms. The summed E-state index contributed by atoms with van der Waals surface area (Å²) in [7, 11) is 0. The molecule has 0 unspecified atom stereocenters. The molecule has 2 aliphatic carbocycles. The van der Waals surface area contributed by atoms with E-state index in [0.29, 0.717) is 22.8 Å². The number of pyridine rings is 4. The maximum atomic E-state index is 5.97. The summed E-state index contributed by atoms with van der Waals surface area (Å²) in [5.41, 5.74) is 15.5. The highest BCUT2D eigenvalue weighted by atomic mass is 35.5. The van der Waals surface area contributed by atoms with Gasteiger partial charge in [-0.1, -0.05) is 24.4 Å². The zero-order valence-electron chi connectivity index (χ0n) is 39.3. The Labute approximate surface area is 408 Å². The van der Waals surface area contributed by atoms with Crippen LogP contribution in [0.5, 0.6) is 0 Å².